The maximum Gasteiger partial charge on any atom is 0.327 e. The zero-order chi connectivity index (χ0) is 13.7. The second-order valence-electron chi connectivity index (χ2n) is 4.56. The second-order valence-corrected chi connectivity index (χ2v) is 4.56. The highest BCUT2D eigenvalue weighted by Crippen LogP contribution is 2.20. The van der Waals surface area contributed by atoms with E-state index in [1.54, 1.807) is 26.0 Å². The standard InChI is InChI=1S/C14H19NO3/c1-4-11-5-7-12(8-6-11)15(9-16)13(10(2)3)14(17)18/h5-10,13H,4H2,1-3H3,(H,17,18). The number of carboxylic acids is 1. The second kappa shape index (κ2) is 6.19. The number of benzene rings is 1. The van der Waals surface area contributed by atoms with Crippen molar-refractivity contribution >= 4 is 18.1 Å². The van der Waals surface area contributed by atoms with Gasteiger partial charge in [0.05, 0.1) is 0 Å². The number of aliphatic carboxylic acids is 1. The van der Waals surface area contributed by atoms with Crippen LogP contribution in [0.5, 0.6) is 0 Å². The van der Waals surface area contributed by atoms with Crippen LogP contribution >= 0.6 is 0 Å². The van der Waals surface area contributed by atoms with Crippen LogP contribution in [0.15, 0.2) is 24.3 Å². The van der Waals surface area contributed by atoms with Crippen LogP contribution in [0.25, 0.3) is 0 Å². The third kappa shape index (κ3) is 3.09. The Balaban J connectivity index is 3.06. The van der Waals surface area contributed by atoms with Gasteiger partial charge in [-0.25, -0.2) is 4.79 Å². The summed E-state index contributed by atoms with van der Waals surface area (Å²) in [5.74, 6) is -1.14. The number of nitrogens with zero attached hydrogens (tertiary/aromatic N) is 1. The highest BCUT2D eigenvalue weighted by atomic mass is 16.4. The molecule has 1 aromatic rings. The summed E-state index contributed by atoms with van der Waals surface area (Å²) in [4.78, 5) is 23.7. The number of carbonyl (C=O) groups is 2. The van der Waals surface area contributed by atoms with Crippen LogP contribution in [0.1, 0.15) is 26.3 Å². The van der Waals surface area contributed by atoms with Gasteiger partial charge in [-0.1, -0.05) is 32.9 Å². The van der Waals surface area contributed by atoms with Gasteiger partial charge in [-0.2, -0.15) is 0 Å². The van der Waals surface area contributed by atoms with Crippen LogP contribution in [-0.2, 0) is 16.0 Å². The van der Waals surface area contributed by atoms with Crippen LogP contribution < -0.4 is 4.90 Å². The fourth-order valence-corrected chi connectivity index (χ4v) is 1.92. The molecule has 0 aliphatic rings. The van der Waals surface area contributed by atoms with Crippen molar-refractivity contribution in [1.29, 1.82) is 0 Å². The Kier molecular flexibility index (Phi) is 4.89. The summed E-state index contributed by atoms with van der Waals surface area (Å²) >= 11 is 0. The molecule has 1 N–H and O–H groups in total. The number of hydrogen-bond acceptors (Lipinski definition) is 2. The first-order valence-electron chi connectivity index (χ1n) is 6.06. The molecule has 0 fully saturated rings. The molecule has 0 aromatic heterocycles. The molecule has 1 atom stereocenters. The maximum atomic E-state index is 11.2. The highest BCUT2D eigenvalue weighted by Gasteiger charge is 2.28. The third-order valence-electron chi connectivity index (χ3n) is 2.94. The van der Waals surface area contributed by atoms with E-state index in [9.17, 15) is 14.7 Å². The molecular formula is C14H19NO3. The molecule has 1 aromatic carbocycles. The normalized spacial score (nSPS) is 12.2. The van der Waals surface area contributed by atoms with E-state index in [0.29, 0.717) is 12.1 Å². The number of hydrogen-bond donors (Lipinski definition) is 1. The van der Waals surface area contributed by atoms with Crippen molar-refractivity contribution < 1.29 is 14.7 Å². The van der Waals surface area contributed by atoms with Gasteiger partial charge in [0.2, 0.25) is 6.41 Å². The van der Waals surface area contributed by atoms with Crippen LogP contribution in [0.3, 0.4) is 0 Å². The topological polar surface area (TPSA) is 57.6 Å². The average Bonchev–Trinajstić information content (AvgIpc) is 2.35. The molecule has 0 saturated carbocycles. The Labute approximate surface area is 107 Å². The van der Waals surface area contributed by atoms with Crippen LogP contribution in [0.4, 0.5) is 5.69 Å². The SMILES string of the molecule is CCc1ccc(N(C=O)C(C(=O)O)C(C)C)cc1. The first kappa shape index (κ1) is 14.2. The molecule has 98 valence electrons. The predicted octanol–water partition coefficient (Wildman–Crippen LogP) is 2.32. The summed E-state index contributed by atoms with van der Waals surface area (Å²) in [6, 6.07) is 6.54. The van der Waals surface area contributed by atoms with Gasteiger partial charge in [-0.3, -0.25) is 4.79 Å². The molecule has 0 saturated heterocycles. The van der Waals surface area contributed by atoms with Gasteiger partial charge >= 0.3 is 5.97 Å². The first-order valence-corrected chi connectivity index (χ1v) is 6.06. The van der Waals surface area contributed by atoms with E-state index in [1.807, 2.05) is 19.1 Å². The summed E-state index contributed by atoms with van der Waals surface area (Å²) in [5.41, 5.74) is 1.77. The average molecular weight is 249 g/mol. The smallest absolute Gasteiger partial charge is 0.327 e. The Morgan fingerprint density at radius 3 is 2.22 bits per heavy atom. The number of aryl methyl sites for hydroxylation is 1. The molecule has 0 bridgehead atoms. The van der Waals surface area contributed by atoms with E-state index in [0.717, 1.165) is 12.0 Å². The Morgan fingerprint density at radius 1 is 1.33 bits per heavy atom. The fraction of sp³-hybridized carbons (Fsp3) is 0.429. The van der Waals surface area contributed by atoms with E-state index in [-0.39, 0.29) is 5.92 Å². The zero-order valence-electron chi connectivity index (χ0n) is 11.0. The minimum absolute atomic E-state index is 0.154. The van der Waals surface area contributed by atoms with E-state index in [1.165, 1.54) is 4.90 Å². The largest absolute Gasteiger partial charge is 0.480 e. The Hall–Kier alpha value is -1.84. The lowest BCUT2D eigenvalue weighted by Gasteiger charge is -2.28. The molecule has 0 heterocycles. The maximum absolute atomic E-state index is 11.2. The molecule has 0 radical (unpaired) electrons. The van der Waals surface area contributed by atoms with Crippen molar-refractivity contribution in [3.8, 4) is 0 Å². The molecule has 0 spiro atoms. The summed E-state index contributed by atoms with van der Waals surface area (Å²) in [5, 5.41) is 9.21. The molecule has 1 rings (SSSR count). The van der Waals surface area contributed by atoms with E-state index < -0.39 is 12.0 Å². The predicted molar refractivity (Wildman–Crippen MR) is 70.6 cm³/mol. The number of amides is 1. The first-order chi connectivity index (χ1) is 8.51. The minimum Gasteiger partial charge on any atom is -0.480 e. The van der Waals surface area contributed by atoms with Gasteiger partial charge in [0.25, 0.3) is 0 Å². The van der Waals surface area contributed by atoms with Crippen LogP contribution in [-0.4, -0.2) is 23.5 Å². The lowest BCUT2D eigenvalue weighted by molar-refractivity contribution is -0.140. The summed E-state index contributed by atoms with van der Waals surface area (Å²) in [7, 11) is 0. The summed E-state index contributed by atoms with van der Waals surface area (Å²) in [6.07, 6.45) is 1.49. The van der Waals surface area contributed by atoms with Gasteiger partial charge in [-0.15, -0.1) is 0 Å². The summed E-state index contributed by atoms with van der Waals surface area (Å²) < 4.78 is 0. The van der Waals surface area contributed by atoms with Crippen molar-refractivity contribution in [2.75, 3.05) is 4.90 Å². The van der Waals surface area contributed by atoms with Gasteiger partial charge in [0.15, 0.2) is 0 Å². The van der Waals surface area contributed by atoms with Crippen LogP contribution in [0, 0.1) is 5.92 Å². The lowest BCUT2D eigenvalue weighted by atomic mass is 10.0. The monoisotopic (exact) mass is 249 g/mol. The van der Waals surface area contributed by atoms with Crippen molar-refractivity contribution in [2.45, 2.75) is 33.2 Å². The molecule has 1 unspecified atom stereocenters. The molecule has 0 aliphatic carbocycles. The number of carboxylic acid groups (broad SMARTS) is 1. The van der Waals surface area contributed by atoms with E-state index in [4.69, 9.17) is 0 Å². The lowest BCUT2D eigenvalue weighted by Crippen LogP contribution is -2.44. The van der Waals surface area contributed by atoms with Gasteiger partial charge in [0, 0.05) is 5.69 Å². The minimum atomic E-state index is -0.989. The third-order valence-corrected chi connectivity index (χ3v) is 2.94. The van der Waals surface area contributed by atoms with Gasteiger partial charge in [0.1, 0.15) is 6.04 Å². The highest BCUT2D eigenvalue weighted by molar-refractivity contribution is 5.88. The summed E-state index contributed by atoms with van der Waals surface area (Å²) in [6.45, 7) is 5.62. The van der Waals surface area contributed by atoms with Crippen LogP contribution in [0.2, 0.25) is 0 Å². The van der Waals surface area contributed by atoms with Crippen molar-refractivity contribution in [1.82, 2.24) is 0 Å². The van der Waals surface area contributed by atoms with E-state index in [2.05, 4.69) is 0 Å². The molecule has 4 heteroatoms. The number of rotatable bonds is 6. The van der Waals surface area contributed by atoms with E-state index >= 15 is 0 Å². The number of anilines is 1. The molecule has 0 aliphatic heterocycles. The Morgan fingerprint density at radius 2 is 1.89 bits per heavy atom. The molecule has 1 amide bonds. The van der Waals surface area contributed by atoms with Crippen molar-refractivity contribution in [2.24, 2.45) is 5.92 Å². The molecule has 18 heavy (non-hydrogen) atoms. The van der Waals surface area contributed by atoms with Crippen molar-refractivity contribution in [3.63, 3.8) is 0 Å². The molecular weight excluding hydrogens is 230 g/mol. The van der Waals surface area contributed by atoms with Gasteiger partial charge in [-0.05, 0) is 30.0 Å². The molecule has 4 nitrogen and oxygen atoms in total. The fourth-order valence-electron chi connectivity index (χ4n) is 1.92. The number of carbonyl (C=O) groups excluding carboxylic acids is 1. The zero-order valence-corrected chi connectivity index (χ0v) is 11.0. The van der Waals surface area contributed by atoms with Gasteiger partial charge < -0.3 is 10.0 Å². The van der Waals surface area contributed by atoms with Crippen molar-refractivity contribution in [3.05, 3.63) is 29.8 Å². The Bertz CT molecular complexity index is 412. The quantitative estimate of drug-likeness (QED) is 0.787.